The summed E-state index contributed by atoms with van der Waals surface area (Å²) in [4.78, 5) is 18.6. The molecule has 1 N–H and O–H groups in total. The van der Waals surface area contributed by atoms with Crippen molar-refractivity contribution in [3.63, 3.8) is 0 Å². The summed E-state index contributed by atoms with van der Waals surface area (Å²) in [6.45, 7) is 10.6. The molecule has 4 heteroatoms. The molecule has 1 aromatic heterocycles. The Bertz CT molecular complexity index is 741. The molecular formula is C18H24N2O2. The van der Waals surface area contributed by atoms with Crippen LogP contribution in [0.5, 0.6) is 0 Å². The average Bonchev–Trinajstić information content (AvgIpc) is 2.44. The van der Waals surface area contributed by atoms with Gasteiger partial charge in [0.2, 0.25) is 0 Å². The summed E-state index contributed by atoms with van der Waals surface area (Å²) in [5, 5.41) is 0.787. The van der Waals surface area contributed by atoms with Gasteiger partial charge in [0.15, 0.2) is 5.43 Å². The number of rotatable bonds is 2. The van der Waals surface area contributed by atoms with Crippen LogP contribution in [0.25, 0.3) is 10.9 Å². The Morgan fingerprint density at radius 1 is 1.23 bits per heavy atom. The molecule has 1 saturated heterocycles. The second-order valence-corrected chi connectivity index (χ2v) is 6.51. The van der Waals surface area contributed by atoms with Crippen molar-refractivity contribution in [3.05, 3.63) is 45.2 Å². The van der Waals surface area contributed by atoms with E-state index < -0.39 is 0 Å². The highest BCUT2D eigenvalue weighted by Gasteiger charge is 2.23. The van der Waals surface area contributed by atoms with Crippen LogP contribution in [0.4, 0.5) is 0 Å². The number of nitrogens with zero attached hydrogens (tertiary/aromatic N) is 1. The second kappa shape index (κ2) is 5.86. The minimum absolute atomic E-state index is 0.154. The number of para-hydroxylation sites is 1. The summed E-state index contributed by atoms with van der Waals surface area (Å²) in [5.74, 6) is 0. The van der Waals surface area contributed by atoms with Crippen LogP contribution in [0.3, 0.4) is 0 Å². The van der Waals surface area contributed by atoms with Crippen LogP contribution in [0.15, 0.2) is 23.0 Å². The highest BCUT2D eigenvalue weighted by molar-refractivity contribution is 5.82. The van der Waals surface area contributed by atoms with Crippen molar-refractivity contribution < 1.29 is 4.74 Å². The Morgan fingerprint density at radius 2 is 1.91 bits per heavy atom. The van der Waals surface area contributed by atoms with Gasteiger partial charge in [0.05, 0.1) is 17.7 Å². The molecule has 1 aliphatic heterocycles. The van der Waals surface area contributed by atoms with Crippen LogP contribution < -0.4 is 5.43 Å². The van der Waals surface area contributed by atoms with Gasteiger partial charge in [-0.25, -0.2) is 0 Å². The lowest BCUT2D eigenvalue weighted by atomic mass is 10.0. The Balaban J connectivity index is 1.99. The minimum atomic E-state index is 0.154. The number of nitrogens with one attached hydrogen (secondary N) is 1. The molecule has 0 spiro atoms. The largest absolute Gasteiger partial charge is 0.373 e. The first kappa shape index (κ1) is 15.3. The van der Waals surface area contributed by atoms with Gasteiger partial charge in [-0.1, -0.05) is 12.1 Å². The SMILES string of the molecule is Cc1[nH]c2c(C)cccc2c(=O)c1CN1C[C@@H](C)O[C@@H](C)C1. The fourth-order valence-electron chi connectivity index (χ4n) is 3.45. The molecule has 0 radical (unpaired) electrons. The number of H-pyrrole nitrogens is 1. The van der Waals surface area contributed by atoms with Crippen LogP contribution in [-0.2, 0) is 11.3 Å². The van der Waals surface area contributed by atoms with Crippen LogP contribution in [-0.4, -0.2) is 35.2 Å². The summed E-state index contributed by atoms with van der Waals surface area (Å²) in [6.07, 6.45) is 0.427. The zero-order valence-electron chi connectivity index (χ0n) is 13.8. The second-order valence-electron chi connectivity index (χ2n) is 6.51. The number of morpholine rings is 1. The smallest absolute Gasteiger partial charge is 0.194 e. The first-order valence-corrected chi connectivity index (χ1v) is 7.94. The molecule has 2 heterocycles. The third-order valence-corrected chi connectivity index (χ3v) is 4.43. The van der Waals surface area contributed by atoms with Crippen LogP contribution in [0.2, 0.25) is 0 Å². The fourth-order valence-corrected chi connectivity index (χ4v) is 3.45. The number of aryl methyl sites for hydroxylation is 2. The van der Waals surface area contributed by atoms with Gasteiger partial charge in [-0.3, -0.25) is 9.69 Å². The highest BCUT2D eigenvalue weighted by Crippen LogP contribution is 2.18. The number of hydrogen-bond donors (Lipinski definition) is 1. The first-order valence-electron chi connectivity index (χ1n) is 7.94. The first-order chi connectivity index (χ1) is 10.5. The van der Waals surface area contributed by atoms with Gasteiger partial charge in [0.1, 0.15) is 0 Å². The maximum absolute atomic E-state index is 12.9. The normalized spacial score (nSPS) is 23.1. The van der Waals surface area contributed by atoms with Gasteiger partial charge in [-0.2, -0.15) is 0 Å². The van der Waals surface area contributed by atoms with Crippen molar-refractivity contribution in [2.24, 2.45) is 0 Å². The molecule has 22 heavy (non-hydrogen) atoms. The average molecular weight is 300 g/mol. The zero-order valence-corrected chi connectivity index (χ0v) is 13.8. The lowest BCUT2D eigenvalue weighted by Crippen LogP contribution is -2.45. The lowest BCUT2D eigenvalue weighted by Gasteiger charge is -2.35. The minimum Gasteiger partial charge on any atom is -0.373 e. The molecular weight excluding hydrogens is 276 g/mol. The van der Waals surface area contributed by atoms with E-state index in [0.29, 0.717) is 6.54 Å². The summed E-state index contributed by atoms with van der Waals surface area (Å²) in [5.41, 5.74) is 4.06. The molecule has 1 aliphatic rings. The van der Waals surface area contributed by atoms with Gasteiger partial charge >= 0.3 is 0 Å². The number of benzene rings is 1. The van der Waals surface area contributed by atoms with Gasteiger partial charge in [0, 0.05) is 36.3 Å². The highest BCUT2D eigenvalue weighted by atomic mass is 16.5. The van der Waals surface area contributed by atoms with E-state index in [2.05, 4.69) is 23.7 Å². The molecule has 1 aromatic carbocycles. The maximum Gasteiger partial charge on any atom is 0.194 e. The van der Waals surface area contributed by atoms with E-state index >= 15 is 0 Å². The van der Waals surface area contributed by atoms with Crippen molar-refractivity contribution in [1.82, 2.24) is 9.88 Å². The molecule has 2 aromatic rings. The van der Waals surface area contributed by atoms with Crippen molar-refractivity contribution >= 4 is 10.9 Å². The topological polar surface area (TPSA) is 45.3 Å². The maximum atomic E-state index is 12.9. The number of ether oxygens (including phenoxy) is 1. The number of aromatic amines is 1. The Hall–Kier alpha value is -1.65. The van der Waals surface area contributed by atoms with Crippen molar-refractivity contribution in [3.8, 4) is 0 Å². The molecule has 0 amide bonds. The molecule has 0 bridgehead atoms. The van der Waals surface area contributed by atoms with E-state index in [9.17, 15) is 4.79 Å². The van der Waals surface area contributed by atoms with Crippen molar-refractivity contribution in [2.45, 2.75) is 46.4 Å². The number of aromatic nitrogens is 1. The van der Waals surface area contributed by atoms with Gasteiger partial charge in [0.25, 0.3) is 0 Å². The number of fused-ring (bicyclic) bond motifs is 1. The number of pyridine rings is 1. The predicted molar refractivity (Wildman–Crippen MR) is 89.3 cm³/mol. The predicted octanol–water partition coefficient (Wildman–Crippen LogP) is 2.75. The Morgan fingerprint density at radius 3 is 2.59 bits per heavy atom. The van der Waals surface area contributed by atoms with E-state index in [-0.39, 0.29) is 17.6 Å². The Kier molecular flexibility index (Phi) is 4.06. The van der Waals surface area contributed by atoms with Crippen LogP contribution in [0.1, 0.15) is 30.7 Å². The molecule has 0 unspecified atom stereocenters. The third kappa shape index (κ3) is 2.81. The number of hydrogen-bond acceptors (Lipinski definition) is 3. The quantitative estimate of drug-likeness (QED) is 0.927. The Labute approximate surface area is 131 Å². The fraction of sp³-hybridized carbons (Fsp3) is 0.500. The van der Waals surface area contributed by atoms with E-state index in [1.165, 1.54) is 0 Å². The van der Waals surface area contributed by atoms with E-state index in [4.69, 9.17) is 4.74 Å². The third-order valence-electron chi connectivity index (χ3n) is 4.43. The molecule has 4 nitrogen and oxygen atoms in total. The summed E-state index contributed by atoms with van der Waals surface area (Å²) >= 11 is 0. The molecule has 0 aliphatic carbocycles. The lowest BCUT2D eigenvalue weighted by molar-refractivity contribution is -0.0706. The molecule has 1 fully saturated rings. The van der Waals surface area contributed by atoms with Crippen molar-refractivity contribution in [2.75, 3.05) is 13.1 Å². The van der Waals surface area contributed by atoms with E-state index in [1.54, 1.807) is 0 Å². The van der Waals surface area contributed by atoms with E-state index in [1.807, 2.05) is 32.0 Å². The van der Waals surface area contributed by atoms with Gasteiger partial charge < -0.3 is 9.72 Å². The zero-order chi connectivity index (χ0) is 15.9. The summed E-state index contributed by atoms with van der Waals surface area (Å²) in [6, 6.07) is 5.89. The van der Waals surface area contributed by atoms with Crippen LogP contribution in [0, 0.1) is 13.8 Å². The standard InChI is InChI=1S/C18H24N2O2/c1-11-6-5-7-15-17(11)19-14(4)16(18(15)21)10-20-8-12(2)22-13(3)9-20/h5-7,12-13H,8-10H2,1-4H3,(H,19,21)/t12-,13+. The summed E-state index contributed by atoms with van der Waals surface area (Å²) < 4.78 is 5.77. The molecule has 3 rings (SSSR count). The molecule has 2 atom stereocenters. The molecule has 118 valence electrons. The van der Waals surface area contributed by atoms with Crippen molar-refractivity contribution in [1.29, 1.82) is 0 Å². The molecule has 0 saturated carbocycles. The van der Waals surface area contributed by atoms with Crippen LogP contribution >= 0.6 is 0 Å². The summed E-state index contributed by atoms with van der Waals surface area (Å²) in [7, 11) is 0. The van der Waals surface area contributed by atoms with Gasteiger partial charge in [-0.15, -0.1) is 0 Å². The van der Waals surface area contributed by atoms with E-state index in [0.717, 1.165) is 40.8 Å². The monoisotopic (exact) mass is 300 g/mol. The van der Waals surface area contributed by atoms with Gasteiger partial charge in [-0.05, 0) is 39.3 Å².